The third-order valence-electron chi connectivity index (χ3n) is 5.85. The fourth-order valence-corrected chi connectivity index (χ4v) is 4.35. The van der Waals surface area contributed by atoms with E-state index in [1.54, 1.807) is 12.1 Å². The second kappa shape index (κ2) is 10.5. The number of hydrogen-bond donors (Lipinski definition) is 0. The van der Waals surface area contributed by atoms with Gasteiger partial charge in [0.05, 0.1) is 19.8 Å². The number of piperidine rings is 1. The van der Waals surface area contributed by atoms with E-state index in [2.05, 4.69) is 13.8 Å². The lowest BCUT2D eigenvalue weighted by Crippen LogP contribution is -2.52. The minimum absolute atomic E-state index is 0.121. The van der Waals surface area contributed by atoms with Gasteiger partial charge in [-0.3, -0.25) is 9.59 Å². The molecule has 2 fully saturated rings. The molecule has 2 amide bonds. The molecule has 166 valence electrons. The molecule has 3 rings (SSSR count). The van der Waals surface area contributed by atoms with Gasteiger partial charge >= 0.3 is 0 Å². The molecule has 1 aromatic rings. The van der Waals surface area contributed by atoms with Gasteiger partial charge in [-0.1, -0.05) is 25.4 Å². The lowest BCUT2D eigenvalue weighted by atomic mass is 9.77. The maximum Gasteiger partial charge on any atom is 0.223 e. The van der Waals surface area contributed by atoms with Crippen molar-refractivity contribution >= 4 is 23.4 Å². The van der Waals surface area contributed by atoms with Crippen LogP contribution in [0.15, 0.2) is 24.3 Å². The van der Waals surface area contributed by atoms with Crippen molar-refractivity contribution < 1.29 is 19.1 Å². The first-order valence-corrected chi connectivity index (χ1v) is 11.3. The van der Waals surface area contributed by atoms with E-state index in [0.717, 1.165) is 25.1 Å². The molecule has 0 unspecified atom stereocenters. The molecule has 0 saturated carbocycles. The summed E-state index contributed by atoms with van der Waals surface area (Å²) in [6.07, 6.45) is 2.66. The topological polar surface area (TPSA) is 59.1 Å². The predicted octanol–water partition coefficient (Wildman–Crippen LogP) is 3.62. The number of rotatable bonds is 7. The molecule has 7 heteroatoms. The van der Waals surface area contributed by atoms with Crippen molar-refractivity contribution in [3.05, 3.63) is 29.3 Å². The quantitative estimate of drug-likeness (QED) is 0.655. The number of ether oxygens (including phenoxy) is 2. The molecule has 0 spiro atoms. The lowest BCUT2D eigenvalue weighted by Gasteiger charge is -2.43. The zero-order valence-electron chi connectivity index (χ0n) is 18.1. The van der Waals surface area contributed by atoms with Crippen molar-refractivity contribution in [3.8, 4) is 5.75 Å². The summed E-state index contributed by atoms with van der Waals surface area (Å²) in [7, 11) is 0. The van der Waals surface area contributed by atoms with E-state index >= 15 is 0 Å². The highest BCUT2D eigenvalue weighted by molar-refractivity contribution is 6.30. The van der Waals surface area contributed by atoms with Gasteiger partial charge in [0.2, 0.25) is 11.8 Å². The van der Waals surface area contributed by atoms with Crippen molar-refractivity contribution in [2.45, 2.75) is 39.5 Å². The third-order valence-corrected chi connectivity index (χ3v) is 6.10. The highest BCUT2D eigenvalue weighted by Gasteiger charge is 2.41. The van der Waals surface area contributed by atoms with Gasteiger partial charge in [-0.25, -0.2) is 0 Å². The Morgan fingerprint density at radius 1 is 1.10 bits per heavy atom. The largest absolute Gasteiger partial charge is 0.493 e. The van der Waals surface area contributed by atoms with Crippen LogP contribution in [0.1, 0.15) is 39.5 Å². The number of morpholine rings is 1. The fraction of sp³-hybridized carbons (Fsp3) is 0.652. The summed E-state index contributed by atoms with van der Waals surface area (Å²) < 4.78 is 11.5. The van der Waals surface area contributed by atoms with Crippen molar-refractivity contribution in [2.24, 2.45) is 11.3 Å². The second-order valence-corrected chi connectivity index (χ2v) is 9.37. The van der Waals surface area contributed by atoms with Gasteiger partial charge < -0.3 is 19.3 Å². The van der Waals surface area contributed by atoms with Gasteiger partial charge in [0.1, 0.15) is 5.75 Å². The number of halogens is 1. The molecule has 6 nitrogen and oxygen atoms in total. The summed E-state index contributed by atoms with van der Waals surface area (Å²) >= 11 is 5.98. The molecule has 2 aliphatic rings. The summed E-state index contributed by atoms with van der Waals surface area (Å²) in [6, 6.07) is 7.26. The Morgan fingerprint density at radius 2 is 1.80 bits per heavy atom. The maximum atomic E-state index is 13.1. The first-order chi connectivity index (χ1) is 14.4. The summed E-state index contributed by atoms with van der Waals surface area (Å²) in [5, 5.41) is 0.655. The lowest BCUT2D eigenvalue weighted by molar-refractivity contribution is -0.144. The van der Waals surface area contributed by atoms with Crippen LogP contribution in [-0.2, 0) is 14.3 Å². The van der Waals surface area contributed by atoms with E-state index in [4.69, 9.17) is 21.1 Å². The van der Waals surface area contributed by atoms with Crippen molar-refractivity contribution in [2.75, 3.05) is 46.0 Å². The molecule has 0 aliphatic carbocycles. The monoisotopic (exact) mass is 436 g/mol. The van der Waals surface area contributed by atoms with E-state index in [1.165, 1.54) is 0 Å². The Labute approximate surface area is 184 Å². The van der Waals surface area contributed by atoms with Crippen molar-refractivity contribution in [1.82, 2.24) is 9.80 Å². The molecule has 30 heavy (non-hydrogen) atoms. The Kier molecular flexibility index (Phi) is 8.00. The SMILES string of the molecule is CC(C)CC(=O)N1CCC[C@@](COc2ccc(Cl)cc2)(CC(=O)N2CCOCC2)C1. The number of carbonyl (C=O) groups is 2. The summed E-state index contributed by atoms with van der Waals surface area (Å²) in [6.45, 7) is 8.24. The molecule has 2 aliphatic heterocycles. The predicted molar refractivity (Wildman–Crippen MR) is 117 cm³/mol. The van der Waals surface area contributed by atoms with Crippen LogP contribution in [-0.4, -0.2) is 67.6 Å². The molecule has 2 heterocycles. The van der Waals surface area contributed by atoms with Crippen LogP contribution in [0, 0.1) is 11.3 Å². The maximum absolute atomic E-state index is 13.1. The normalized spacial score (nSPS) is 22.3. The zero-order valence-corrected chi connectivity index (χ0v) is 18.8. The Hall–Kier alpha value is -1.79. The van der Waals surface area contributed by atoms with Gasteiger partial charge in [-0.05, 0) is 43.0 Å². The molecule has 0 bridgehead atoms. The molecular formula is C23H33ClN2O4. The molecule has 0 radical (unpaired) electrons. The number of benzene rings is 1. The molecule has 0 N–H and O–H groups in total. The van der Waals surface area contributed by atoms with E-state index in [0.29, 0.717) is 63.2 Å². The van der Waals surface area contributed by atoms with E-state index in [1.807, 2.05) is 21.9 Å². The zero-order chi connectivity index (χ0) is 21.6. The van der Waals surface area contributed by atoms with Crippen LogP contribution in [0.4, 0.5) is 0 Å². The van der Waals surface area contributed by atoms with Crippen LogP contribution >= 0.6 is 11.6 Å². The molecule has 1 atom stereocenters. The van der Waals surface area contributed by atoms with Crippen molar-refractivity contribution in [1.29, 1.82) is 0 Å². The number of likely N-dealkylation sites (tertiary alicyclic amines) is 1. The molecule has 2 saturated heterocycles. The molecule has 1 aromatic carbocycles. The van der Waals surface area contributed by atoms with Crippen LogP contribution < -0.4 is 4.74 Å². The Bertz CT molecular complexity index is 718. The minimum atomic E-state index is -0.389. The second-order valence-electron chi connectivity index (χ2n) is 8.93. The first-order valence-electron chi connectivity index (χ1n) is 10.9. The van der Waals surface area contributed by atoms with Crippen LogP contribution in [0.5, 0.6) is 5.75 Å². The van der Waals surface area contributed by atoms with Crippen molar-refractivity contribution in [3.63, 3.8) is 0 Å². The number of hydrogen-bond acceptors (Lipinski definition) is 4. The highest BCUT2D eigenvalue weighted by Crippen LogP contribution is 2.36. The molecule has 0 aromatic heterocycles. The number of carbonyl (C=O) groups excluding carboxylic acids is 2. The van der Waals surface area contributed by atoms with Gasteiger partial charge in [0.15, 0.2) is 0 Å². The smallest absolute Gasteiger partial charge is 0.223 e. The third kappa shape index (κ3) is 6.35. The molecular weight excluding hydrogens is 404 g/mol. The van der Waals surface area contributed by atoms with E-state index < -0.39 is 0 Å². The van der Waals surface area contributed by atoms with E-state index in [9.17, 15) is 9.59 Å². The van der Waals surface area contributed by atoms with E-state index in [-0.39, 0.29) is 17.2 Å². The van der Waals surface area contributed by atoms with Crippen LogP contribution in [0.25, 0.3) is 0 Å². The first kappa shape index (κ1) is 22.9. The van der Waals surface area contributed by atoms with Gasteiger partial charge in [-0.15, -0.1) is 0 Å². The van der Waals surface area contributed by atoms with Gasteiger partial charge in [0.25, 0.3) is 0 Å². The standard InChI is InChI=1S/C23H33ClN2O4/c1-18(2)14-21(27)26-9-3-8-23(16-26,15-22(28)25-10-12-29-13-11-25)17-30-20-6-4-19(24)5-7-20/h4-7,18H,3,8-17H2,1-2H3/t23-/m1/s1. The Morgan fingerprint density at radius 3 is 2.47 bits per heavy atom. The summed E-state index contributed by atoms with van der Waals surface area (Å²) in [5.41, 5.74) is -0.389. The highest BCUT2D eigenvalue weighted by atomic mass is 35.5. The Balaban J connectivity index is 1.73. The summed E-state index contributed by atoms with van der Waals surface area (Å²) in [5.74, 6) is 1.33. The average Bonchev–Trinajstić information content (AvgIpc) is 2.74. The summed E-state index contributed by atoms with van der Waals surface area (Å²) in [4.78, 5) is 29.6. The van der Waals surface area contributed by atoms with Crippen LogP contribution in [0.2, 0.25) is 5.02 Å². The number of amides is 2. The average molecular weight is 437 g/mol. The fourth-order valence-electron chi connectivity index (χ4n) is 4.22. The van der Waals surface area contributed by atoms with Crippen LogP contribution in [0.3, 0.4) is 0 Å². The van der Waals surface area contributed by atoms with Gasteiger partial charge in [-0.2, -0.15) is 0 Å². The van der Waals surface area contributed by atoms with Gasteiger partial charge in [0, 0.05) is 49.5 Å². The minimum Gasteiger partial charge on any atom is -0.493 e. The number of nitrogens with zero attached hydrogens (tertiary/aromatic N) is 2.